The molecule has 1 saturated heterocycles. The van der Waals surface area contributed by atoms with E-state index in [4.69, 9.17) is 9.47 Å². The van der Waals surface area contributed by atoms with Crippen molar-refractivity contribution in [3.05, 3.63) is 29.8 Å². The quantitative estimate of drug-likeness (QED) is 0.856. The maximum atomic E-state index is 5.59. The predicted octanol–water partition coefficient (Wildman–Crippen LogP) is 2.64. The number of ether oxygens (including phenoxy) is 2. The number of rotatable bonds is 6. The van der Waals surface area contributed by atoms with Gasteiger partial charge in [0.05, 0.1) is 13.2 Å². The highest BCUT2D eigenvalue weighted by atomic mass is 16.5. The van der Waals surface area contributed by atoms with E-state index < -0.39 is 0 Å². The molecule has 19 heavy (non-hydrogen) atoms. The molecule has 3 atom stereocenters. The predicted molar refractivity (Wildman–Crippen MR) is 77.7 cm³/mol. The Morgan fingerprint density at radius 2 is 2.11 bits per heavy atom. The van der Waals surface area contributed by atoms with E-state index in [2.05, 4.69) is 31.3 Å². The summed E-state index contributed by atoms with van der Waals surface area (Å²) < 4.78 is 10.8. The highest BCUT2D eigenvalue weighted by Crippen LogP contribution is 2.19. The third-order valence-electron chi connectivity index (χ3n) is 3.96. The van der Waals surface area contributed by atoms with Gasteiger partial charge in [-0.2, -0.15) is 0 Å². The molecule has 1 heterocycles. The topological polar surface area (TPSA) is 30.5 Å². The molecule has 1 aromatic rings. The first-order valence-corrected chi connectivity index (χ1v) is 7.17. The lowest BCUT2D eigenvalue weighted by atomic mass is 10.0. The molecule has 0 aliphatic carbocycles. The van der Waals surface area contributed by atoms with Crippen LogP contribution in [0, 0.1) is 5.92 Å². The van der Waals surface area contributed by atoms with Crippen molar-refractivity contribution in [2.24, 2.45) is 5.92 Å². The van der Waals surface area contributed by atoms with Crippen molar-refractivity contribution in [1.82, 2.24) is 5.32 Å². The van der Waals surface area contributed by atoms with Gasteiger partial charge in [-0.1, -0.05) is 12.1 Å². The maximum absolute atomic E-state index is 5.59. The minimum absolute atomic E-state index is 0.403. The molecule has 1 aliphatic heterocycles. The average Bonchev–Trinajstić information content (AvgIpc) is 2.83. The molecule has 3 unspecified atom stereocenters. The molecule has 0 saturated carbocycles. The van der Waals surface area contributed by atoms with Gasteiger partial charge in [0.1, 0.15) is 5.75 Å². The molecule has 1 aromatic carbocycles. The van der Waals surface area contributed by atoms with Crippen LogP contribution in [0.15, 0.2) is 24.3 Å². The van der Waals surface area contributed by atoms with Gasteiger partial charge < -0.3 is 14.8 Å². The van der Waals surface area contributed by atoms with Crippen molar-refractivity contribution in [1.29, 1.82) is 0 Å². The van der Waals surface area contributed by atoms with Gasteiger partial charge in [0.15, 0.2) is 0 Å². The Morgan fingerprint density at radius 3 is 2.68 bits per heavy atom. The Labute approximate surface area is 116 Å². The number of nitrogens with one attached hydrogen (secondary N) is 1. The molecule has 0 radical (unpaired) electrons. The van der Waals surface area contributed by atoms with Crippen LogP contribution >= 0.6 is 0 Å². The van der Waals surface area contributed by atoms with E-state index in [1.165, 1.54) is 12.0 Å². The van der Waals surface area contributed by atoms with Crippen LogP contribution in [0.25, 0.3) is 0 Å². The molecule has 106 valence electrons. The maximum Gasteiger partial charge on any atom is 0.118 e. The van der Waals surface area contributed by atoms with Gasteiger partial charge in [0, 0.05) is 19.2 Å². The zero-order valence-corrected chi connectivity index (χ0v) is 12.2. The summed E-state index contributed by atoms with van der Waals surface area (Å²) in [6, 6.07) is 8.81. The standard InChI is InChI=1S/C16H25NO2/c1-12(17-11-15-8-9-19-13(15)2)10-14-4-6-16(18-3)7-5-14/h4-7,12-13,15,17H,8-11H2,1-3H3. The average molecular weight is 263 g/mol. The third kappa shape index (κ3) is 4.22. The number of hydrogen-bond donors (Lipinski definition) is 1. The number of hydrogen-bond acceptors (Lipinski definition) is 3. The van der Waals surface area contributed by atoms with Crippen LogP contribution in [0.3, 0.4) is 0 Å². The Morgan fingerprint density at radius 1 is 1.37 bits per heavy atom. The SMILES string of the molecule is COc1ccc(CC(C)NCC2CCOC2C)cc1. The van der Waals surface area contributed by atoms with Crippen LogP contribution in [-0.4, -0.2) is 32.4 Å². The molecule has 0 bridgehead atoms. The van der Waals surface area contributed by atoms with Gasteiger partial charge in [0.25, 0.3) is 0 Å². The van der Waals surface area contributed by atoms with Gasteiger partial charge in [-0.15, -0.1) is 0 Å². The van der Waals surface area contributed by atoms with Gasteiger partial charge in [-0.25, -0.2) is 0 Å². The van der Waals surface area contributed by atoms with Crippen LogP contribution < -0.4 is 10.1 Å². The monoisotopic (exact) mass is 263 g/mol. The van der Waals surface area contributed by atoms with Crippen molar-refractivity contribution in [3.8, 4) is 5.75 Å². The van der Waals surface area contributed by atoms with E-state index in [1.54, 1.807) is 7.11 Å². The zero-order chi connectivity index (χ0) is 13.7. The molecule has 2 rings (SSSR count). The molecular weight excluding hydrogens is 238 g/mol. The van der Waals surface area contributed by atoms with E-state index in [0.29, 0.717) is 18.1 Å². The van der Waals surface area contributed by atoms with Crippen molar-refractivity contribution < 1.29 is 9.47 Å². The second kappa shape index (κ2) is 6.92. The fourth-order valence-electron chi connectivity index (χ4n) is 2.58. The molecule has 1 N–H and O–H groups in total. The van der Waals surface area contributed by atoms with E-state index in [9.17, 15) is 0 Å². The summed E-state index contributed by atoms with van der Waals surface area (Å²) in [7, 11) is 1.70. The second-order valence-electron chi connectivity index (χ2n) is 5.49. The molecule has 3 heteroatoms. The first-order valence-electron chi connectivity index (χ1n) is 7.17. The van der Waals surface area contributed by atoms with Crippen molar-refractivity contribution in [2.45, 2.75) is 38.8 Å². The van der Waals surface area contributed by atoms with Gasteiger partial charge in [-0.05, 0) is 50.3 Å². The summed E-state index contributed by atoms with van der Waals surface area (Å²) in [6.07, 6.45) is 2.63. The summed E-state index contributed by atoms with van der Waals surface area (Å²) in [4.78, 5) is 0. The molecular formula is C16H25NO2. The summed E-state index contributed by atoms with van der Waals surface area (Å²) >= 11 is 0. The van der Waals surface area contributed by atoms with Crippen molar-refractivity contribution >= 4 is 0 Å². The lowest BCUT2D eigenvalue weighted by molar-refractivity contribution is 0.105. The minimum Gasteiger partial charge on any atom is -0.497 e. The van der Waals surface area contributed by atoms with E-state index >= 15 is 0 Å². The fourth-order valence-corrected chi connectivity index (χ4v) is 2.58. The number of benzene rings is 1. The van der Waals surface area contributed by atoms with E-state index in [-0.39, 0.29) is 0 Å². The fraction of sp³-hybridized carbons (Fsp3) is 0.625. The van der Waals surface area contributed by atoms with Crippen LogP contribution in [0.1, 0.15) is 25.8 Å². The van der Waals surface area contributed by atoms with Gasteiger partial charge >= 0.3 is 0 Å². The Balaban J connectivity index is 1.75. The first kappa shape index (κ1) is 14.4. The highest BCUT2D eigenvalue weighted by Gasteiger charge is 2.24. The summed E-state index contributed by atoms with van der Waals surface area (Å²) in [5.41, 5.74) is 1.34. The second-order valence-corrected chi connectivity index (χ2v) is 5.49. The van der Waals surface area contributed by atoms with Crippen molar-refractivity contribution in [3.63, 3.8) is 0 Å². The van der Waals surface area contributed by atoms with Crippen molar-refractivity contribution in [2.75, 3.05) is 20.3 Å². The Hall–Kier alpha value is -1.06. The molecule has 1 fully saturated rings. The summed E-state index contributed by atoms with van der Waals surface area (Å²) in [5, 5.41) is 3.62. The van der Waals surface area contributed by atoms with Crippen LogP contribution in [0.4, 0.5) is 0 Å². The molecule has 0 amide bonds. The smallest absolute Gasteiger partial charge is 0.118 e. The normalized spacial score (nSPS) is 24.4. The summed E-state index contributed by atoms with van der Waals surface area (Å²) in [5.74, 6) is 1.58. The Kier molecular flexibility index (Phi) is 5.23. The molecule has 3 nitrogen and oxygen atoms in total. The summed E-state index contributed by atoms with van der Waals surface area (Å²) in [6.45, 7) is 6.39. The number of methoxy groups -OCH3 is 1. The highest BCUT2D eigenvalue weighted by molar-refractivity contribution is 5.27. The zero-order valence-electron chi connectivity index (χ0n) is 12.2. The lowest BCUT2D eigenvalue weighted by Crippen LogP contribution is -2.34. The first-order chi connectivity index (χ1) is 9.19. The largest absolute Gasteiger partial charge is 0.497 e. The minimum atomic E-state index is 0.403. The molecule has 1 aliphatic rings. The molecule has 0 aromatic heterocycles. The molecule has 0 spiro atoms. The van der Waals surface area contributed by atoms with E-state index in [0.717, 1.165) is 25.3 Å². The van der Waals surface area contributed by atoms with Gasteiger partial charge in [0.2, 0.25) is 0 Å². The Bertz CT molecular complexity index is 377. The van der Waals surface area contributed by atoms with Crippen LogP contribution in [0.2, 0.25) is 0 Å². The van der Waals surface area contributed by atoms with Crippen LogP contribution in [0.5, 0.6) is 5.75 Å². The van der Waals surface area contributed by atoms with Gasteiger partial charge in [-0.3, -0.25) is 0 Å². The van der Waals surface area contributed by atoms with E-state index in [1.807, 2.05) is 12.1 Å². The lowest BCUT2D eigenvalue weighted by Gasteiger charge is -2.19. The third-order valence-corrected chi connectivity index (χ3v) is 3.96. The van der Waals surface area contributed by atoms with Crippen LogP contribution in [-0.2, 0) is 11.2 Å².